The number of fused-ring (bicyclic) bond motifs is 2. The molecular formula is C16H23NO6. The van der Waals surface area contributed by atoms with Crippen molar-refractivity contribution in [1.82, 2.24) is 4.90 Å². The highest BCUT2D eigenvalue weighted by Crippen LogP contribution is 2.58. The van der Waals surface area contributed by atoms with Crippen molar-refractivity contribution in [2.45, 2.75) is 18.9 Å². The SMILES string of the molecule is O=C(O)C1C2C=CC(C2)C1(CC(O)CN1CCOCC1)C(=O)O. The third kappa shape index (κ3) is 2.77. The molecule has 7 nitrogen and oxygen atoms in total. The average Bonchev–Trinajstić information content (AvgIpc) is 3.07. The standard InChI is InChI=1S/C16H23NO6/c18-12(9-17-3-5-23-6-4-17)8-16(15(21)22)11-2-1-10(7-11)13(16)14(19)20/h1-2,10-13,18H,3-9H2,(H,19,20)(H,21,22). The summed E-state index contributed by atoms with van der Waals surface area (Å²) >= 11 is 0. The van der Waals surface area contributed by atoms with Crippen LogP contribution in [0.2, 0.25) is 0 Å². The van der Waals surface area contributed by atoms with E-state index in [0.717, 1.165) is 0 Å². The average molecular weight is 325 g/mol. The lowest BCUT2D eigenvalue weighted by atomic mass is 9.65. The van der Waals surface area contributed by atoms with Crippen LogP contribution < -0.4 is 0 Å². The number of ether oxygens (including phenoxy) is 1. The summed E-state index contributed by atoms with van der Waals surface area (Å²) in [6.45, 7) is 2.95. The first-order chi connectivity index (χ1) is 10.9. The highest BCUT2D eigenvalue weighted by atomic mass is 16.5. The molecule has 0 aromatic rings. The second-order valence-corrected chi connectivity index (χ2v) is 6.82. The maximum atomic E-state index is 12.0. The molecule has 3 rings (SSSR count). The molecular weight excluding hydrogens is 302 g/mol. The molecule has 2 bridgehead atoms. The van der Waals surface area contributed by atoms with Crippen LogP contribution in [0.25, 0.3) is 0 Å². The molecule has 5 unspecified atom stereocenters. The molecule has 2 fully saturated rings. The zero-order valence-corrected chi connectivity index (χ0v) is 12.9. The third-order valence-electron chi connectivity index (χ3n) is 5.57. The number of carbonyl (C=O) groups is 2. The minimum atomic E-state index is -1.41. The first-order valence-corrected chi connectivity index (χ1v) is 8.08. The lowest BCUT2D eigenvalue weighted by Crippen LogP contribution is -2.50. The van der Waals surface area contributed by atoms with Crippen molar-refractivity contribution in [1.29, 1.82) is 0 Å². The Morgan fingerprint density at radius 1 is 1.26 bits per heavy atom. The molecule has 0 aromatic carbocycles. The fourth-order valence-electron chi connectivity index (χ4n) is 4.57. The van der Waals surface area contributed by atoms with E-state index in [9.17, 15) is 24.9 Å². The molecule has 1 heterocycles. The Bertz CT molecular complexity index is 515. The van der Waals surface area contributed by atoms with Gasteiger partial charge < -0.3 is 20.1 Å². The van der Waals surface area contributed by atoms with E-state index in [1.807, 2.05) is 17.1 Å². The van der Waals surface area contributed by atoms with Crippen LogP contribution in [-0.4, -0.2) is 71.1 Å². The largest absolute Gasteiger partial charge is 0.481 e. The van der Waals surface area contributed by atoms with Gasteiger partial charge in [0.2, 0.25) is 0 Å². The molecule has 0 amide bonds. The number of β-amino-alcohol motifs (C(OH)–C–C–N with tert-alkyl or cyclic N) is 1. The van der Waals surface area contributed by atoms with Crippen LogP contribution in [0, 0.1) is 23.2 Å². The quantitative estimate of drug-likeness (QED) is 0.592. The van der Waals surface area contributed by atoms with Gasteiger partial charge in [0.05, 0.1) is 30.7 Å². The third-order valence-corrected chi connectivity index (χ3v) is 5.57. The normalized spacial score (nSPS) is 37.9. The van der Waals surface area contributed by atoms with E-state index in [1.165, 1.54) is 0 Å². The van der Waals surface area contributed by atoms with Gasteiger partial charge in [0.15, 0.2) is 0 Å². The molecule has 128 valence electrons. The number of rotatable bonds is 6. The summed E-state index contributed by atoms with van der Waals surface area (Å²) in [5.74, 6) is -3.71. The van der Waals surface area contributed by atoms with Crippen LogP contribution in [-0.2, 0) is 14.3 Å². The number of hydrogen-bond acceptors (Lipinski definition) is 5. The number of aliphatic hydroxyl groups excluding tert-OH is 1. The topological polar surface area (TPSA) is 107 Å². The van der Waals surface area contributed by atoms with Crippen LogP contribution in [0.4, 0.5) is 0 Å². The number of hydrogen-bond donors (Lipinski definition) is 3. The molecule has 3 aliphatic rings. The summed E-state index contributed by atoms with van der Waals surface area (Å²) in [6.07, 6.45) is 3.30. The molecule has 1 aliphatic heterocycles. The molecule has 5 atom stereocenters. The summed E-state index contributed by atoms with van der Waals surface area (Å²) in [6, 6.07) is 0. The van der Waals surface area contributed by atoms with Crippen LogP contribution in [0.1, 0.15) is 12.8 Å². The molecule has 2 aliphatic carbocycles. The van der Waals surface area contributed by atoms with Crippen molar-refractivity contribution in [3.05, 3.63) is 12.2 Å². The first kappa shape index (κ1) is 16.4. The van der Waals surface area contributed by atoms with E-state index in [0.29, 0.717) is 39.3 Å². The van der Waals surface area contributed by atoms with Crippen LogP contribution in [0.5, 0.6) is 0 Å². The predicted molar refractivity (Wildman–Crippen MR) is 79.8 cm³/mol. The Balaban J connectivity index is 1.77. The Hall–Kier alpha value is -1.44. The number of aliphatic hydroxyl groups is 1. The molecule has 23 heavy (non-hydrogen) atoms. The number of allylic oxidation sites excluding steroid dienone is 2. The zero-order chi connectivity index (χ0) is 16.6. The smallest absolute Gasteiger partial charge is 0.311 e. The van der Waals surface area contributed by atoms with Crippen molar-refractivity contribution >= 4 is 11.9 Å². The van der Waals surface area contributed by atoms with Gasteiger partial charge in [-0.3, -0.25) is 14.5 Å². The first-order valence-electron chi connectivity index (χ1n) is 8.08. The van der Waals surface area contributed by atoms with Crippen molar-refractivity contribution in [3.8, 4) is 0 Å². The molecule has 3 N–H and O–H groups in total. The van der Waals surface area contributed by atoms with Gasteiger partial charge in [0, 0.05) is 19.6 Å². The number of aliphatic carboxylic acids is 2. The van der Waals surface area contributed by atoms with Crippen molar-refractivity contribution in [2.24, 2.45) is 23.2 Å². The van der Waals surface area contributed by atoms with Gasteiger partial charge >= 0.3 is 11.9 Å². The Morgan fingerprint density at radius 2 is 1.96 bits per heavy atom. The highest BCUT2D eigenvalue weighted by molar-refractivity contribution is 5.86. The molecule has 1 saturated heterocycles. The second-order valence-electron chi connectivity index (χ2n) is 6.82. The van der Waals surface area contributed by atoms with Gasteiger partial charge in [0.1, 0.15) is 0 Å². The van der Waals surface area contributed by atoms with E-state index >= 15 is 0 Å². The zero-order valence-electron chi connectivity index (χ0n) is 12.9. The summed E-state index contributed by atoms with van der Waals surface area (Å²) < 4.78 is 5.26. The van der Waals surface area contributed by atoms with E-state index in [4.69, 9.17) is 4.74 Å². The number of morpholine rings is 1. The summed E-state index contributed by atoms with van der Waals surface area (Å²) in [4.78, 5) is 25.7. The molecule has 0 radical (unpaired) electrons. The minimum absolute atomic E-state index is 0.0256. The molecule has 7 heteroatoms. The predicted octanol–water partition coefficient (Wildman–Crippen LogP) is 0.0473. The van der Waals surface area contributed by atoms with E-state index in [1.54, 1.807) is 0 Å². The van der Waals surface area contributed by atoms with E-state index < -0.39 is 29.4 Å². The lowest BCUT2D eigenvalue weighted by molar-refractivity contribution is -0.166. The van der Waals surface area contributed by atoms with Crippen molar-refractivity contribution in [3.63, 3.8) is 0 Å². The van der Waals surface area contributed by atoms with E-state index in [-0.39, 0.29) is 18.3 Å². The maximum absolute atomic E-state index is 12.0. The summed E-state index contributed by atoms with van der Waals surface area (Å²) in [5.41, 5.74) is -1.41. The van der Waals surface area contributed by atoms with Gasteiger partial charge in [-0.05, 0) is 24.7 Å². The van der Waals surface area contributed by atoms with Gasteiger partial charge in [-0.25, -0.2) is 0 Å². The van der Waals surface area contributed by atoms with Crippen molar-refractivity contribution in [2.75, 3.05) is 32.8 Å². The summed E-state index contributed by atoms with van der Waals surface area (Å²) in [7, 11) is 0. The minimum Gasteiger partial charge on any atom is -0.481 e. The fraction of sp³-hybridized carbons (Fsp3) is 0.750. The Kier molecular flexibility index (Phi) is 4.44. The van der Waals surface area contributed by atoms with Gasteiger partial charge in [-0.15, -0.1) is 0 Å². The van der Waals surface area contributed by atoms with Crippen LogP contribution >= 0.6 is 0 Å². The molecule has 1 saturated carbocycles. The van der Waals surface area contributed by atoms with Gasteiger partial charge in [0.25, 0.3) is 0 Å². The van der Waals surface area contributed by atoms with Gasteiger partial charge in [-0.2, -0.15) is 0 Å². The number of nitrogens with zero attached hydrogens (tertiary/aromatic N) is 1. The van der Waals surface area contributed by atoms with Crippen LogP contribution in [0.15, 0.2) is 12.2 Å². The number of carboxylic acids is 2. The summed E-state index contributed by atoms with van der Waals surface area (Å²) in [5, 5.41) is 29.8. The number of carboxylic acid groups (broad SMARTS) is 2. The lowest BCUT2D eigenvalue weighted by Gasteiger charge is -2.38. The second kappa shape index (κ2) is 6.22. The van der Waals surface area contributed by atoms with E-state index in [2.05, 4.69) is 0 Å². The monoisotopic (exact) mass is 325 g/mol. The maximum Gasteiger partial charge on any atom is 0.311 e. The highest BCUT2D eigenvalue weighted by Gasteiger charge is 2.64. The Morgan fingerprint density at radius 3 is 2.57 bits per heavy atom. The molecule has 0 aromatic heterocycles. The van der Waals surface area contributed by atoms with Crippen LogP contribution in [0.3, 0.4) is 0 Å². The van der Waals surface area contributed by atoms with Gasteiger partial charge in [-0.1, -0.05) is 12.2 Å². The van der Waals surface area contributed by atoms with Crippen molar-refractivity contribution < 1.29 is 29.6 Å². The fourth-order valence-corrected chi connectivity index (χ4v) is 4.57. The molecule has 0 spiro atoms. The Labute approximate surface area is 134 Å².